The summed E-state index contributed by atoms with van der Waals surface area (Å²) in [5, 5.41) is 6.72. The van der Waals surface area contributed by atoms with Gasteiger partial charge in [0.1, 0.15) is 0 Å². The number of thioether (sulfide) groups is 1. The Balaban J connectivity index is 1.93. The summed E-state index contributed by atoms with van der Waals surface area (Å²) in [4.78, 5) is 0.959. The van der Waals surface area contributed by atoms with Crippen LogP contribution < -0.4 is 10.5 Å². The van der Waals surface area contributed by atoms with Crippen molar-refractivity contribution in [1.82, 2.24) is 10.2 Å². The fraction of sp³-hybridized carbons (Fsp3) is 0.308. The van der Waals surface area contributed by atoms with E-state index in [-0.39, 0.29) is 5.75 Å². The monoisotopic (exact) mass is 326 g/mol. The SMILES string of the molecule is Cc1n[nH]c(C)c1NS(=O)(=O)CCSc1cccc(N)c1. The van der Waals surface area contributed by atoms with Crippen LogP contribution in [0.2, 0.25) is 0 Å². The van der Waals surface area contributed by atoms with Crippen LogP contribution in [-0.2, 0) is 10.0 Å². The average Bonchev–Trinajstić information content (AvgIpc) is 2.70. The highest BCUT2D eigenvalue weighted by Crippen LogP contribution is 2.22. The van der Waals surface area contributed by atoms with Gasteiger partial charge in [-0.25, -0.2) is 8.42 Å². The highest BCUT2D eigenvalue weighted by Gasteiger charge is 2.15. The zero-order valence-corrected chi connectivity index (χ0v) is 13.5. The second-order valence-electron chi connectivity index (χ2n) is 4.65. The number of hydrogen-bond acceptors (Lipinski definition) is 5. The lowest BCUT2D eigenvalue weighted by molar-refractivity contribution is 0.602. The summed E-state index contributed by atoms with van der Waals surface area (Å²) in [5.74, 6) is 0.477. The normalized spacial score (nSPS) is 11.5. The van der Waals surface area contributed by atoms with Gasteiger partial charge in [-0.1, -0.05) is 6.07 Å². The summed E-state index contributed by atoms with van der Waals surface area (Å²) < 4.78 is 26.7. The van der Waals surface area contributed by atoms with E-state index in [9.17, 15) is 8.42 Å². The summed E-state index contributed by atoms with van der Waals surface area (Å²) in [6.07, 6.45) is 0. The minimum absolute atomic E-state index is 0.0243. The maximum atomic E-state index is 12.1. The standard InChI is InChI=1S/C13H18N4O2S2/c1-9-13(10(2)16-15-9)17-21(18,19)7-6-20-12-5-3-4-11(14)8-12/h3-5,8,17H,6-7,14H2,1-2H3,(H,15,16). The lowest BCUT2D eigenvalue weighted by atomic mass is 10.3. The fourth-order valence-corrected chi connectivity index (χ4v) is 4.34. The molecule has 0 saturated heterocycles. The van der Waals surface area contributed by atoms with Crippen LogP contribution in [0.3, 0.4) is 0 Å². The van der Waals surface area contributed by atoms with Crippen molar-refractivity contribution >= 4 is 33.2 Å². The lowest BCUT2D eigenvalue weighted by Gasteiger charge is -2.08. The van der Waals surface area contributed by atoms with Crippen molar-refractivity contribution in [3.05, 3.63) is 35.7 Å². The molecule has 0 saturated carbocycles. The molecular weight excluding hydrogens is 308 g/mol. The smallest absolute Gasteiger partial charge is 0.233 e. The first-order valence-electron chi connectivity index (χ1n) is 6.38. The van der Waals surface area contributed by atoms with Crippen LogP contribution in [-0.4, -0.2) is 30.1 Å². The zero-order chi connectivity index (χ0) is 15.5. The third-order valence-corrected chi connectivity index (χ3v) is 5.38. The van der Waals surface area contributed by atoms with E-state index in [0.717, 1.165) is 4.90 Å². The van der Waals surface area contributed by atoms with E-state index in [2.05, 4.69) is 14.9 Å². The number of nitrogens with zero attached hydrogens (tertiary/aromatic N) is 1. The number of aromatic nitrogens is 2. The van der Waals surface area contributed by atoms with Gasteiger partial charge >= 0.3 is 0 Å². The van der Waals surface area contributed by atoms with E-state index in [0.29, 0.717) is 28.5 Å². The number of nitrogens with two attached hydrogens (primary N) is 1. The maximum absolute atomic E-state index is 12.1. The van der Waals surface area contributed by atoms with Gasteiger partial charge in [-0.3, -0.25) is 9.82 Å². The van der Waals surface area contributed by atoms with E-state index >= 15 is 0 Å². The van der Waals surface area contributed by atoms with Gasteiger partial charge < -0.3 is 5.73 Å². The van der Waals surface area contributed by atoms with Gasteiger partial charge in [-0.2, -0.15) is 5.10 Å². The molecule has 0 spiro atoms. The molecule has 8 heteroatoms. The number of hydrogen-bond donors (Lipinski definition) is 3. The quantitative estimate of drug-likeness (QED) is 0.558. The lowest BCUT2D eigenvalue weighted by Crippen LogP contribution is -2.18. The van der Waals surface area contributed by atoms with Gasteiger partial charge in [0.25, 0.3) is 0 Å². The van der Waals surface area contributed by atoms with Gasteiger partial charge in [-0.15, -0.1) is 11.8 Å². The van der Waals surface area contributed by atoms with Crippen LogP contribution in [0, 0.1) is 13.8 Å². The molecule has 21 heavy (non-hydrogen) atoms. The van der Waals surface area contributed by atoms with Crippen LogP contribution in [0.4, 0.5) is 11.4 Å². The van der Waals surface area contributed by atoms with E-state index in [1.54, 1.807) is 19.9 Å². The van der Waals surface area contributed by atoms with Crippen molar-refractivity contribution in [2.24, 2.45) is 0 Å². The summed E-state index contributed by atoms with van der Waals surface area (Å²) in [5.41, 5.74) is 8.24. The molecule has 1 heterocycles. The Bertz CT molecular complexity index is 706. The Kier molecular flexibility index (Phi) is 4.79. The Labute approximate surface area is 128 Å². The van der Waals surface area contributed by atoms with E-state index in [1.165, 1.54) is 11.8 Å². The van der Waals surface area contributed by atoms with Gasteiger partial charge in [0.05, 0.1) is 22.8 Å². The number of anilines is 2. The Morgan fingerprint density at radius 3 is 2.76 bits per heavy atom. The number of nitrogen functional groups attached to an aromatic ring is 1. The minimum Gasteiger partial charge on any atom is -0.399 e. The molecule has 2 aromatic rings. The molecule has 0 aliphatic rings. The van der Waals surface area contributed by atoms with Crippen LogP contribution in [0.15, 0.2) is 29.2 Å². The van der Waals surface area contributed by atoms with Gasteiger partial charge in [0.15, 0.2) is 0 Å². The first-order chi connectivity index (χ1) is 9.87. The molecule has 0 aliphatic carbocycles. The van der Waals surface area contributed by atoms with Crippen LogP contribution in [0.25, 0.3) is 0 Å². The second-order valence-corrected chi connectivity index (χ2v) is 7.66. The number of H-pyrrole nitrogens is 1. The van der Waals surface area contributed by atoms with Crippen molar-refractivity contribution < 1.29 is 8.42 Å². The van der Waals surface area contributed by atoms with Crippen LogP contribution in [0.5, 0.6) is 0 Å². The van der Waals surface area contributed by atoms with Gasteiger partial charge in [0.2, 0.25) is 10.0 Å². The Morgan fingerprint density at radius 1 is 1.38 bits per heavy atom. The summed E-state index contributed by atoms with van der Waals surface area (Å²) >= 11 is 1.46. The molecule has 1 aromatic carbocycles. The molecule has 0 fully saturated rings. The average molecular weight is 326 g/mol. The van der Waals surface area contributed by atoms with E-state index in [4.69, 9.17) is 5.73 Å². The van der Waals surface area contributed by atoms with Gasteiger partial charge in [-0.05, 0) is 32.0 Å². The number of benzene rings is 1. The van der Waals surface area contributed by atoms with E-state index < -0.39 is 10.0 Å². The summed E-state index contributed by atoms with van der Waals surface area (Å²) in [6, 6.07) is 7.38. The molecule has 0 atom stereocenters. The predicted octanol–water partition coefficient (Wildman–Crippen LogP) is 2.14. The fourth-order valence-electron chi connectivity index (χ4n) is 1.78. The number of aromatic amines is 1. The molecular formula is C13H18N4O2S2. The third-order valence-electron chi connectivity index (χ3n) is 2.86. The van der Waals surface area contributed by atoms with E-state index in [1.807, 2.05) is 18.2 Å². The van der Waals surface area contributed by atoms with Crippen molar-refractivity contribution in [3.63, 3.8) is 0 Å². The molecule has 114 valence electrons. The number of sulfonamides is 1. The predicted molar refractivity (Wildman–Crippen MR) is 87.0 cm³/mol. The molecule has 0 aliphatic heterocycles. The van der Waals surface area contributed by atoms with Crippen LogP contribution >= 0.6 is 11.8 Å². The van der Waals surface area contributed by atoms with Crippen molar-refractivity contribution in [2.45, 2.75) is 18.7 Å². The summed E-state index contributed by atoms with van der Waals surface area (Å²) in [7, 11) is -3.39. The van der Waals surface area contributed by atoms with Gasteiger partial charge in [0, 0.05) is 16.3 Å². The van der Waals surface area contributed by atoms with Crippen molar-refractivity contribution in [3.8, 4) is 0 Å². The van der Waals surface area contributed by atoms with Crippen molar-refractivity contribution in [2.75, 3.05) is 22.0 Å². The molecule has 4 N–H and O–H groups in total. The number of aryl methyl sites for hydroxylation is 2. The highest BCUT2D eigenvalue weighted by atomic mass is 32.2. The molecule has 2 rings (SSSR count). The molecule has 0 radical (unpaired) electrons. The topological polar surface area (TPSA) is 101 Å². The molecule has 0 bridgehead atoms. The highest BCUT2D eigenvalue weighted by molar-refractivity contribution is 8.01. The second kappa shape index (κ2) is 6.40. The number of nitrogens with one attached hydrogen (secondary N) is 2. The Morgan fingerprint density at radius 2 is 2.14 bits per heavy atom. The van der Waals surface area contributed by atoms with Crippen molar-refractivity contribution in [1.29, 1.82) is 0 Å². The molecule has 6 nitrogen and oxygen atoms in total. The minimum atomic E-state index is -3.39. The Hall–Kier alpha value is -1.67. The third kappa shape index (κ3) is 4.40. The zero-order valence-electron chi connectivity index (χ0n) is 11.9. The number of rotatable bonds is 6. The first-order valence-corrected chi connectivity index (χ1v) is 9.01. The molecule has 1 aromatic heterocycles. The van der Waals surface area contributed by atoms with Crippen LogP contribution in [0.1, 0.15) is 11.4 Å². The first kappa shape index (κ1) is 15.7. The molecule has 0 unspecified atom stereocenters. The maximum Gasteiger partial charge on any atom is 0.233 e. The molecule has 0 amide bonds. The largest absolute Gasteiger partial charge is 0.399 e. The summed E-state index contributed by atoms with van der Waals surface area (Å²) in [6.45, 7) is 3.53.